The molecule has 0 aliphatic carbocycles. The fourth-order valence-corrected chi connectivity index (χ4v) is 3.79. The molecule has 1 aromatic carbocycles. The van der Waals surface area contributed by atoms with Crippen LogP contribution in [0.2, 0.25) is 5.02 Å². The molecule has 9 heteroatoms. The van der Waals surface area contributed by atoms with E-state index in [1.54, 1.807) is 0 Å². The number of benzene rings is 1. The average molecular weight is 408 g/mol. The molecule has 150 valence electrons. The van der Waals surface area contributed by atoms with Gasteiger partial charge in [-0.2, -0.15) is 0 Å². The fourth-order valence-electron chi connectivity index (χ4n) is 3.57. The molecule has 1 aromatic rings. The van der Waals surface area contributed by atoms with E-state index in [-0.39, 0.29) is 11.5 Å². The van der Waals surface area contributed by atoms with Crippen molar-refractivity contribution >= 4 is 41.0 Å². The number of likely N-dealkylation sites (tertiary alicyclic amines) is 1. The van der Waals surface area contributed by atoms with Crippen molar-refractivity contribution in [3.8, 4) is 0 Å². The van der Waals surface area contributed by atoms with Crippen molar-refractivity contribution in [1.82, 2.24) is 4.90 Å². The van der Waals surface area contributed by atoms with E-state index in [0.717, 1.165) is 19.3 Å². The van der Waals surface area contributed by atoms with Crippen LogP contribution < -0.4 is 10.6 Å². The van der Waals surface area contributed by atoms with Crippen molar-refractivity contribution in [2.75, 3.05) is 24.6 Å². The maximum atomic E-state index is 12.4. The molecule has 2 fully saturated rings. The summed E-state index contributed by atoms with van der Waals surface area (Å²) in [7, 11) is 0. The topological polar surface area (TPSA) is 110 Å². The largest absolute Gasteiger partial charge is 0.452 e. The predicted octanol–water partition coefficient (Wildman–Crippen LogP) is 1.49. The molecule has 2 aliphatic heterocycles. The second-order valence-electron chi connectivity index (χ2n) is 6.89. The van der Waals surface area contributed by atoms with Crippen LogP contribution in [0.5, 0.6) is 0 Å². The molecule has 1 atom stereocenters. The first kappa shape index (κ1) is 20.1. The minimum atomic E-state index is -0.703. The van der Waals surface area contributed by atoms with Gasteiger partial charge < -0.3 is 20.3 Å². The summed E-state index contributed by atoms with van der Waals surface area (Å²) >= 11 is 6.17. The van der Waals surface area contributed by atoms with Crippen molar-refractivity contribution in [3.63, 3.8) is 0 Å². The zero-order valence-corrected chi connectivity index (χ0v) is 16.1. The lowest BCUT2D eigenvalue weighted by atomic mass is 10.0. The van der Waals surface area contributed by atoms with Gasteiger partial charge in [0.2, 0.25) is 11.8 Å². The Balaban J connectivity index is 1.65. The summed E-state index contributed by atoms with van der Waals surface area (Å²) in [6.45, 7) is 0.467. The molecule has 0 bridgehead atoms. The average Bonchev–Trinajstić information content (AvgIpc) is 3.11. The molecule has 8 nitrogen and oxygen atoms in total. The van der Waals surface area contributed by atoms with Crippen LogP contribution in [0, 0.1) is 0 Å². The van der Waals surface area contributed by atoms with Crippen molar-refractivity contribution in [2.45, 2.75) is 38.1 Å². The summed E-state index contributed by atoms with van der Waals surface area (Å²) in [6.07, 6.45) is 3.28. The van der Waals surface area contributed by atoms with Crippen molar-refractivity contribution in [1.29, 1.82) is 0 Å². The van der Waals surface area contributed by atoms with Crippen LogP contribution in [-0.4, -0.2) is 54.3 Å². The zero-order valence-electron chi connectivity index (χ0n) is 15.4. The van der Waals surface area contributed by atoms with Crippen LogP contribution in [0.4, 0.5) is 5.69 Å². The van der Waals surface area contributed by atoms with E-state index in [9.17, 15) is 19.2 Å². The summed E-state index contributed by atoms with van der Waals surface area (Å²) < 4.78 is 5.13. The summed E-state index contributed by atoms with van der Waals surface area (Å²) in [5.41, 5.74) is 6.00. The van der Waals surface area contributed by atoms with Gasteiger partial charge in [0.15, 0.2) is 6.61 Å². The number of primary amides is 1. The minimum Gasteiger partial charge on any atom is -0.452 e. The number of hydrogen-bond acceptors (Lipinski definition) is 5. The second kappa shape index (κ2) is 8.60. The molecule has 2 saturated heterocycles. The van der Waals surface area contributed by atoms with Gasteiger partial charge in [0.25, 0.3) is 5.91 Å². The zero-order chi connectivity index (χ0) is 20.3. The molecule has 28 heavy (non-hydrogen) atoms. The van der Waals surface area contributed by atoms with Crippen LogP contribution in [0.1, 0.15) is 42.5 Å². The number of piperidine rings is 1. The number of nitrogens with zero attached hydrogens (tertiary/aromatic N) is 2. The Labute approximate surface area is 167 Å². The number of nitrogens with two attached hydrogens (primary N) is 1. The molecule has 2 heterocycles. The lowest BCUT2D eigenvalue weighted by Gasteiger charge is -2.33. The third kappa shape index (κ3) is 4.27. The molecule has 3 rings (SSSR count). The Morgan fingerprint density at radius 1 is 1.18 bits per heavy atom. The monoisotopic (exact) mass is 407 g/mol. The number of carbonyl (C=O) groups is 4. The summed E-state index contributed by atoms with van der Waals surface area (Å²) in [4.78, 5) is 51.1. The maximum Gasteiger partial charge on any atom is 0.338 e. The number of rotatable bonds is 5. The van der Waals surface area contributed by atoms with Gasteiger partial charge in [-0.25, -0.2) is 4.79 Å². The van der Waals surface area contributed by atoms with E-state index in [0.29, 0.717) is 36.6 Å². The highest BCUT2D eigenvalue weighted by atomic mass is 35.5. The third-order valence-corrected chi connectivity index (χ3v) is 5.34. The first-order valence-corrected chi connectivity index (χ1v) is 9.62. The highest BCUT2D eigenvalue weighted by Crippen LogP contribution is 2.30. The van der Waals surface area contributed by atoms with Crippen LogP contribution in [0.25, 0.3) is 0 Å². The Morgan fingerprint density at radius 2 is 1.96 bits per heavy atom. The van der Waals surface area contributed by atoms with E-state index < -0.39 is 30.4 Å². The summed E-state index contributed by atoms with van der Waals surface area (Å²) in [6, 6.07) is 3.83. The van der Waals surface area contributed by atoms with E-state index >= 15 is 0 Å². The van der Waals surface area contributed by atoms with Gasteiger partial charge in [0.05, 0.1) is 16.3 Å². The van der Waals surface area contributed by atoms with E-state index in [1.807, 2.05) is 0 Å². The quantitative estimate of drug-likeness (QED) is 0.743. The van der Waals surface area contributed by atoms with Crippen LogP contribution >= 0.6 is 11.6 Å². The summed E-state index contributed by atoms with van der Waals surface area (Å²) in [5.74, 6) is -1.77. The highest BCUT2D eigenvalue weighted by molar-refractivity contribution is 6.34. The van der Waals surface area contributed by atoms with Gasteiger partial charge >= 0.3 is 5.97 Å². The second-order valence-corrected chi connectivity index (χ2v) is 7.30. The molecule has 0 aromatic heterocycles. The normalized spacial score (nSPS) is 19.6. The fraction of sp³-hybridized carbons (Fsp3) is 0.474. The lowest BCUT2D eigenvalue weighted by Crippen LogP contribution is -2.51. The molecule has 2 aliphatic rings. The third-order valence-electron chi connectivity index (χ3n) is 5.02. The van der Waals surface area contributed by atoms with Crippen LogP contribution in [-0.2, 0) is 19.1 Å². The maximum absolute atomic E-state index is 12.4. The Bertz CT molecular complexity index is 813. The molecule has 2 N–H and O–H groups in total. The van der Waals surface area contributed by atoms with Gasteiger partial charge in [-0.3, -0.25) is 14.4 Å². The standard InChI is InChI=1S/C19H22ClN3O5/c20-13-7-6-12(10-15(13)23-9-3-5-16(23)24)19(27)28-11-17(25)22-8-2-1-4-14(22)18(21)26/h6-7,10,14H,1-5,8-9,11H2,(H2,21,26)/t14-/m1/s1. The van der Waals surface area contributed by atoms with Crippen LogP contribution in [0.15, 0.2) is 18.2 Å². The molecule has 0 saturated carbocycles. The number of hydrogen-bond donors (Lipinski definition) is 1. The SMILES string of the molecule is NC(=O)[C@H]1CCCCN1C(=O)COC(=O)c1ccc(Cl)c(N2CCCC2=O)c1. The van der Waals surface area contributed by atoms with Crippen molar-refractivity contribution < 1.29 is 23.9 Å². The number of amides is 3. The first-order valence-electron chi connectivity index (χ1n) is 9.24. The Hall–Kier alpha value is -2.61. The molecular weight excluding hydrogens is 386 g/mol. The number of ether oxygens (including phenoxy) is 1. The van der Waals surface area contributed by atoms with Gasteiger partial charge in [-0.15, -0.1) is 0 Å². The molecule has 0 radical (unpaired) electrons. The first-order chi connectivity index (χ1) is 13.4. The van der Waals surface area contributed by atoms with Gasteiger partial charge in [0, 0.05) is 19.5 Å². The van der Waals surface area contributed by atoms with E-state index in [1.165, 1.54) is 28.0 Å². The number of carbonyl (C=O) groups excluding carboxylic acids is 4. The number of esters is 1. The van der Waals surface area contributed by atoms with E-state index in [2.05, 4.69) is 0 Å². The highest BCUT2D eigenvalue weighted by Gasteiger charge is 2.31. The van der Waals surface area contributed by atoms with Gasteiger partial charge in [-0.05, 0) is 43.9 Å². The summed E-state index contributed by atoms with van der Waals surface area (Å²) in [5, 5.41) is 0.362. The Kier molecular flexibility index (Phi) is 6.18. The van der Waals surface area contributed by atoms with Crippen molar-refractivity contribution in [3.05, 3.63) is 28.8 Å². The number of anilines is 1. The lowest BCUT2D eigenvalue weighted by molar-refractivity contribution is -0.143. The molecule has 0 spiro atoms. The molecule has 0 unspecified atom stereocenters. The predicted molar refractivity (Wildman–Crippen MR) is 102 cm³/mol. The van der Waals surface area contributed by atoms with E-state index in [4.69, 9.17) is 22.1 Å². The molecule has 3 amide bonds. The minimum absolute atomic E-state index is 0.0508. The van der Waals surface area contributed by atoms with Gasteiger partial charge in [-0.1, -0.05) is 11.6 Å². The van der Waals surface area contributed by atoms with Crippen LogP contribution in [0.3, 0.4) is 0 Å². The smallest absolute Gasteiger partial charge is 0.338 e. The van der Waals surface area contributed by atoms with Gasteiger partial charge in [0.1, 0.15) is 6.04 Å². The van der Waals surface area contributed by atoms with Crippen molar-refractivity contribution in [2.24, 2.45) is 5.73 Å². The number of halogens is 1. The molecular formula is C19H22ClN3O5. The Morgan fingerprint density at radius 3 is 2.64 bits per heavy atom.